The molecule has 3 aromatic heterocycles. The van der Waals surface area contributed by atoms with Gasteiger partial charge in [-0.2, -0.15) is 0 Å². The number of benzene rings is 4. The molecule has 0 N–H and O–H groups in total. The summed E-state index contributed by atoms with van der Waals surface area (Å²) in [4.78, 5) is 9.14. The average Bonchev–Trinajstić information content (AvgIpc) is 3.33. The number of hydrogen-bond acceptors (Lipinski definition) is 3. The van der Waals surface area contributed by atoms with Crippen LogP contribution < -0.4 is 0 Å². The quantitative estimate of drug-likeness (QED) is 0.173. The first-order valence-corrected chi connectivity index (χ1v) is 12.3. The van der Waals surface area contributed by atoms with Crippen molar-refractivity contribution in [3.8, 4) is 22.5 Å². The van der Waals surface area contributed by atoms with Crippen molar-refractivity contribution in [2.24, 2.45) is 0 Å². The van der Waals surface area contributed by atoms with E-state index in [1.165, 1.54) is 5.56 Å². The normalized spacial score (nSPS) is 10.7. The van der Waals surface area contributed by atoms with Crippen LogP contribution in [-0.2, 0) is 20.1 Å². The van der Waals surface area contributed by atoms with Gasteiger partial charge in [0.05, 0.1) is 5.52 Å². The molecule has 187 valence electrons. The van der Waals surface area contributed by atoms with E-state index in [0.717, 1.165) is 60.9 Å². The van der Waals surface area contributed by atoms with Gasteiger partial charge in [0.2, 0.25) is 0 Å². The number of nitrogens with zero attached hydrogens (tertiary/aromatic N) is 2. The molecule has 3 nitrogen and oxygen atoms in total. The molecule has 0 aliphatic carbocycles. The van der Waals surface area contributed by atoms with Crippen molar-refractivity contribution in [3.63, 3.8) is 0 Å². The van der Waals surface area contributed by atoms with Gasteiger partial charge in [-0.05, 0) is 23.9 Å². The molecule has 0 bridgehead atoms. The van der Waals surface area contributed by atoms with Crippen LogP contribution in [0.4, 0.5) is 0 Å². The van der Waals surface area contributed by atoms with E-state index in [0.29, 0.717) is 0 Å². The van der Waals surface area contributed by atoms with E-state index < -0.39 is 0 Å². The second kappa shape index (κ2) is 11.1. The molecule has 0 aliphatic rings. The van der Waals surface area contributed by atoms with Gasteiger partial charge in [0, 0.05) is 48.2 Å². The smallest absolute Gasteiger partial charge is 0.134 e. The predicted molar refractivity (Wildman–Crippen MR) is 151 cm³/mol. The van der Waals surface area contributed by atoms with Crippen LogP contribution in [0.1, 0.15) is 11.1 Å². The summed E-state index contributed by atoms with van der Waals surface area (Å²) in [5, 5.41) is 3.36. The van der Waals surface area contributed by atoms with Crippen LogP contribution in [-0.4, -0.2) is 9.97 Å². The standard InChI is InChI=1S/C21H12NO.C13H12N.Ir/c1-2-8-14(9-3-1)20-21-19(15-10-4-6-12-17(15)22-20)16-11-5-7-13-18(16)23-21;1-10-7-11(2)9-12(8-10)13-5-3-4-6-14-13;/h1-8,10-13H;3-8H,1-2H3;/q2*-1;. The zero-order valence-electron chi connectivity index (χ0n) is 21.0. The number of para-hydroxylation sites is 2. The molecule has 0 amide bonds. The van der Waals surface area contributed by atoms with Crippen LogP contribution >= 0.6 is 0 Å². The third kappa shape index (κ3) is 5.02. The topological polar surface area (TPSA) is 38.9 Å². The van der Waals surface area contributed by atoms with Crippen molar-refractivity contribution in [2.75, 3.05) is 0 Å². The Kier molecular flexibility index (Phi) is 7.46. The Balaban J connectivity index is 0.000000170. The summed E-state index contributed by atoms with van der Waals surface area (Å²) in [7, 11) is 0. The Morgan fingerprint density at radius 1 is 0.737 bits per heavy atom. The van der Waals surface area contributed by atoms with Crippen molar-refractivity contribution in [1.82, 2.24) is 9.97 Å². The monoisotopic (exact) mass is 669 g/mol. The fourth-order valence-electron chi connectivity index (χ4n) is 4.71. The second-order valence-corrected chi connectivity index (χ2v) is 9.03. The second-order valence-electron chi connectivity index (χ2n) is 9.03. The van der Waals surface area contributed by atoms with Gasteiger partial charge < -0.3 is 9.40 Å². The fourth-order valence-corrected chi connectivity index (χ4v) is 4.71. The molecule has 0 atom stereocenters. The third-order valence-corrected chi connectivity index (χ3v) is 6.27. The molecule has 7 rings (SSSR count). The van der Waals surface area contributed by atoms with Gasteiger partial charge in [-0.3, -0.25) is 4.98 Å². The zero-order chi connectivity index (χ0) is 25.2. The number of aromatic nitrogens is 2. The average molecular weight is 669 g/mol. The largest absolute Gasteiger partial charge is 0.464 e. The minimum Gasteiger partial charge on any atom is -0.464 e. The van der Waals surface area contributed by atoms with Gasteiger partial charge >= 0.3 is 0 Å². The van der Waals surface area contributed by atoms with Gasteiger partial charge in [0.1, 0.15) is 11.2 Å². The fraction of sp³-hybridized carbons (Fsp3) is 0.0588. The van der Waals surface area contributed by atoms with Gasteiger partial charge in [0.25, 0.3) is 0 Å². The maximum absolute atomic E-state index is 6.16. The van der Waals surface area contributed by atoms with E-state index in [4.69, 9.17) is 9.40 Å². The molecule has 0 saturated carbocycles. The maximum Gasteiger partial charge on any atom is 0.134 e. The first-order valence-electron chi connectivity index (χ1n) is 12.3. The summed E-state index contributed by atoms with van der Waals surface area (Å²) in [5.41, 5.74) is 8.94. The van der Waals surface area contributed by atoms with Crippen molar-refractivity contribution >= 4 is 32.8 Å². The van der Waals surface area contributed by atoms with Crippen LogP contribution in [0.15, 0.2) is 114 Å². The number of furan rings is 1. The SMILES string of the molecule is Cc1[c-]c(-c2ccccn2)cc(C)c1.[Ir].[c-]1ccccc1-c1nc2ccccc2c2c1oc1ccccc12. The molecule has 0 saturated heterocycles. The van der Waals surface area contributed by atoms with E-state index in [1.54, 1.807) is 6.20 Å². The van der Waals surface area contributed by atoms with Crippen LogP contribution in [0.3, 0.4) is 0 Å². The van der Waals surface area contributed by atoms with Crippen molar-refractivity contribution in [2.45, 2.75) is 13.8 Å². The van der Waals surface area contributed by atoms with E-state index in [1.807, 2.05) is 78.9 Å². The molecule has 0 spiro atoms. The molecular formula is C34H24IrN2O-2. The summed E-state index contributed by atoms with van der Waals surface area (Å²) >= 11 is 0. The molecule has 1 radical (unpaired) electrons. The Morgan fingerprint density at radius 3 is 2.26 bits per heavy atom. The molecule has 4 aromatic carbocycles. The molecule has 7 aromatic rings. The van der Waals surface area contributed by atoms with Crippen LogP contribution in [0.25, 0.3) is 55.4 Å². The van der Waals surface area contributed by atoms with Gasteiger partial charge in [-0.25, -0.2) is 0 Å². The summed E-state index contributed by atoms with van der Waals surface area (Å²) < 4.78 is 6.16. The third-order valence-electron chi connectivity index (χ3n) is 6.27. The molecule has 0 aliphatic heterocycles. The van der Waals surface area contributed by atoms with E-state index in [9.17, 15) is 0 Å². The van der Waals surface area contributed by atoms with Crippen LogP contribution in [0, 0.1) is 26.0 Å². The van der Waals surface area contributed by atoms with Gasteiger partial charge in [0.15, 0.2) is 0 Å². The van der Waals surface area contributed by atoms with E-state index >= 15 is 0 Å². The Morgan fingerprint density at radius 2 is 1.50 bits per heavy atom. The summed E-state index contributed by atoms with van der Waals surface area (Å²) in [6.45, 7) is 4.15. The molecule has 38 heavy (non-hydrogen) atoms. The van der Waals surface area contributed by atoms with Crippen LogP contribution in [0.5, 0.6) is 0 Å². The number of pyridine rings is 2. The number of fused-ring (bicyclic) bond motifs is 5. The predicted octanol–water partition coefficient (Wildman–Crippen LogP) is 8.76. The Bertz CT molecular complexity index is 1820. The summed E-state index contributed by atoms with van der Waals surface area (Å²) in [5.74, 6) is 0. The van der Waals surface area contributed by atoms with Gasteiger partial charge in [-0.15, -0.1) is 70.8 Å². The first kappa shape index (κ1) is 25.5. The Labute approximate surface area is 235 Å². The summed E-state index contributed by atoms with van der Waals surface area (Å²) in [6.07, 6.45) is 1.81. The van der Waals surface area contributed by atoms with E-state index in [-0.39, 0.29) is 20.1 Å². The zero-order valence-corrected chi connectivity index (χ0v) is 23.4. The minimum absolute atomic E-state index is 0. The molecule has 4 heteroatoms. The van der Waals surface area contributed by atoms with Crippen molar-refractivity contribution in [3.05, 3.63) is 133 Å². The van der Waals surface area contributed by atoms with E-state index in [2.05, 4.69) is 55.2 Å². The Hall–Kier alpha value is -4.11. The van der Waals surface area contributed by atoms with Gasteiger partial charge in [-0.1, -0.05) is 62.4 Å². The number of aryl methyl sites for hydroxylation is 2. The summed E-state index contributed by atoms with van der Waals surface area (Å²) in [6, 6.07) is 40.9. The number of hydrogen-bond donors (Lipinski definition) is 0. The molecule has 3 heterocycles. The van der Waals surface area contributed by atoms with Crippen LogP contribution in [0.2, 0.25) is 0 Å². The van der Waals surface area contributed by atoms with Crippen molar-refractivity contribution < 1.29 is 24.5 Å². The number of rotatable bonds is 2. The van der Waals surface area contributed by atoms with Crippen molar-refractivity contribution in [1.29, 1.82) is 0 Å². The molecular weight excluding hydrogens is 645 g/mol. The first-order chi connectivity index (χ1) is 18.2. The molecule has 0 unspecified atom stereocenters. The maximum atomic E-state index is 6.16. The minimum atomic E-state index is 0. The molecule has 0 fully saturated rings.